The monoisotopic (exact) mass is 527 g/mol. The van der Waals surface area contributed by atoms with E-state index in [9.17, 15) is 19.5 Å². The lowest BCUT2D eigenvalue weighted by atomic mass is 9.85. The maximum Gasteiger partial charge on any atom is 0.246 e. The molecule has 0 saturated carbocycles. The molecule has 1 saturated heterocycles. The number of rotatable bonds is 10. The molecule has 3 rings (SSSR count). The molecule has 1 aromatic carbocycles. The van der Waals surface area contributed by atoms with Gasteiger partial charge in [0.05, 0.1) is 28.2 Å². The van der Waals surface area contributed by atoms with Crippen LogP contribution in [0.1, 0.15) is 71.6 Å². The highest BCUT2D eigenvalue weighted by atomic mass is 32.1. The standard InChI is InChI=1S/C29H41N3O4S/c1-18(2)7-14-25(35)31-27(29(4,5)6)28(36)32-16-22(33)15-23(32)24(34)13-10-20-8-11-21(12-9-20)26-19(3)30-17-37-26/h8-9,11-12,17-18,22-23,27,33H,7,10,13-16H2,1-6H3,(H,31,35)/t22-,23+,27-/m1/s1. The molecule has 1 fully saturated rings. The van der Waals surface area contributed by atoms with Crippen LogP contribution in [0.2, 0.25) is 0 Å². The maximum absolute atomic E-state index is 13.6. The van der Waals surface area contributed by atoms with Gasteiger partial charge in [0.1, 0.15) is 6.04 Å². The van der Waals surface area contributed by atoms with Gasteiger partial charge in [-0.15, -0.1) is 11.3 Å². The fourth-order valence-corrected chi connectivity index (χ4v) is 5.48. The first-order valence-electron chi connectivity index (χ1n) is 13.2. The fourth-order valence-electron chi connectivity index (χ4n) is 4.67. The van der Waals surface area contributed by atoms with Crippen LogP contribution in [0.3, 0.4) is 0 Å². The summed E-state index contributed by atoms with van der Waals surface area (Å²) in [4.78, 5) is 46.4. The third-order valence-electron chi connectivity index (χ3n) is 6.92. The van der Waals surface area contributed by atoms with Gasteiger partial charge in [-0.05, 0) is 42.2 Å². The van der Waals surface area contributed by atoms with Crippen LogP contribution in [0, 0.1) is 18.3 Å². The molecule has 0 unspecified atom stereocenters. The minimum absolute atomic E-state index is 0.0638. The molecule has 7 nitrogen and oxygen atoms in total. The van der Waals surface area contributed by atoms with Crippen molar-refractivity contribution >= 4 is 28.9 Å². The van der Waals surface area contributed by atoms with Crippen molar-refractivity contribution in [2.45, 2.75) is 91.8 Å². The van der Waals surface area contributed by atoms with Gasteiger partial charge in [-0.25, -0.2) is 4.98 Å². The average molecular weight is 528 g/mol. The number of aromatic nitrogens is 1. The number of aliphatic hydroxyl groups excluding tert-OH is 1. The van der Waals surface area contributed by atoms with Gasteiger partial charge < -0.3 is 15.3 Å². The Morgan fingerprint density at radius 2 is 1.84 bits per heavy atom. The molecule has 2 amide bonds. The van der Waals surface area contributed by atoms with Gasteiger partial charge in [0.15, 0.2) is 5.78 Å². The van der Waals surface area contributed by atoms with Crippen LogP contribution in [0.25, 0.3) is 10.4 Å². The zero-order chi connectivity index (χ0) is 27.3. The van der Waals surface area contributed by atoms with Crippen LogP contribution >= 0.6 is 11.3 Å². The summed E-state index contributed by atoms with van der Waals surface area (Å²) in [5.74, 6) is -0.143. The molecule has 0 bridgehead atoms. The molecule has 1 aliphatic rings. The molecule has 1 aliphatic heterocycles. The molecule has 2 N–H and O–H groups in total. The zero-order valence-corrected chi connectivity index (χ0v) is 23.7. The van der Waals surface area contributed by atoms with Gasteiger partial charge in [0.2, 0.25) is 11.8 Å². The molecule has 2 aromatic rings. The molecular formula is C29H41N3O4S. The fraction of sp³-hybridized carbons (Fsp3) is 0.586. The SMILES string of the molecule is Cc1ncsc1-c1ccc(CCC(=O)[C@@H]2C[C@@H](O)CN2C(=O)[C@@H](NC(=O)CCC(C)C)C(C)(C)C)cc1. The average Bonchev–Trinajstić information content (AvgIpc) is 3.44. The predicted molar refractivity (Wildman–Crippen MR) is 147 cm³/mol. The first kappa shape index (κ1) is 29.0. The van der Waals surface area contributed by atoms with Crippen molar-refractivity contribution in [3.8, 4) is 10.4 Å². The molecule has 2 heterocycles. The number of benzene rings is 1. The highest BCUT2D eigenvalue weighted by molar-refractivity contribution is 7.13. The summed E-state index contributed by atoms with van der Waals surface area (Å²) in [6.07, 6.45) is 1.41. The van der Waals surface area contributed by atoms with Crippen LogP contribution in [-0.4, -0.2) is 57.3 Å². The molecule has 0 aliphatic carbocycles. The molecule has 1 aromatic heterocycles. The first-order chi connectivity index (χ1) is 17.4. The van der Waals surface area contributed by atoms with Crippen molar-refractivity contribution in [1.82, 2.24) is 15.2 Å². The second kappa shape index (κ2) is 12.3. The number of carbonyl (C=O) groups excluding carboxylic acids is 3. The molecule has 0 spiro atoms. The maximum atomic E-state index is 13.6. The van der Waals surface area contributed by atoms with Crippen LogP contribution in [-0.2, 0) is 20.8 Å². The number of Topliss-reactive ketones (excluding diaryl/α,β-unsaturated/α-hetero) is 1. The number of β-amino-alcohol motifs (C(OH)–C–C–N with tert-alkyl or cyclic N) is 1. The van der Waals surface area contributed by atoms with E-state index in [1.807, 2.05) is 57.5 Å². The Morgan fingerprint density at radius 1 is 1.16 bits per heavy atom. The summed E-state index contributed by atoms with van der Waals surface area (Å²) < 4.78 is 0. The lowest BCUT2D eigenvalue weighted by Gasteiger charge is -2.35. The third kappa shape index (κ3) is 7.71. The quantitative estimate of drug-likeness (QED) is 0.472. The number of ketones is 1. The number of hydrogen-bond acceptors (Lipinski definition) is 6. The number of likely N-dealkylation sites (tertiary alicyclic amines) is 1. The number of nitrogens with zero attached hydrogens (tertiary/aromatic N) is 2. The number of nitrogens with one attached hydrogen (secondary N) is 1. The van der Waals surface area contributed by atoms with Gasteiger partial charge in [0.25, 0.3) is 0 Å². The van der Waals surface area contributed by atoms with Crippen LogP contribution in [0.5, 0.6) is 0 Å². The second-order valence-corrected chi connectivity index (χ2v) is 12.5. The summed E-state index contributed by atoms with van der Waals surface area (Å²) in [7, 11) is 0. The van der Waals surface area contributed by atoms with Crippen LogP contribution in [0.4, 0.5) is 0 Å². The van der Waals surface area contributed by atoms with E-state index in [1.165, 1.54) is 4.90 Å². The Labute approximate surface area is 224 Å². The number of aliphatic hydroxyl groups is 1. The van der Waals surface area contributed by atoms with E-state index in [1.54, 1.807) is 11.3 Å². The molecular weight excluding hydrogens is 486 g/mol. The first-order valence-corrected chi connectivity index (χ1v) is 14.0. The van der Waals surface area contributed by atoms with Crippen molar-refractivity contribution in [2.24, 2.45) is 11.3 Å². The van der Waals surface area contributed by atoms with E-state index in [0.29, 0.717) is 18.8 Å². The summed E-state index contributed by atoms with van der Waals surface area (Å²) in [5, 5.41) is 13.3. The van der Waals surface area contributed by atoms with Crippen LogP contribution in [0.15, 0.2) is 29.8 Å². The molecule has 202 valence electrons. The minimum atomic E-state index is -0.768. The summed E-state index contributed by atoms with van der Waals surface area (Å²) in [6.45, 7) is 11.9. The Morgan fingerprint density at radius 3 is 2.41 bits per heavy atom. The normalized spacial score (nSPS) is 18.8. The number of carbonyl (C=O) groups is 3. The minimum Gasteiger partial charge on any atom is -0.391 e. The van der Waals surface area contributed by atoms with Gasteiger partial charge >= 0.3 is 0 Å². The van der Waals surface area contributed by atoms with Crippen molar-refractivity contribution in [2.75, 3.05) is 6.54 Å². The van der Waals surface area contributed by atoms with Gasteiger partial charge in [-0.3, -0.25) is 14.4 Å². The zero-order valence-electron chi connectivity index (χ0n) is 22.9. The highest BCUT2D eigenvalue weighted by Crippen LogP contribution is 2.29. The third-order valence-corrected chi connectivity index (χ3v) is 7.90. The molecule has 8 heteroatoms. The summed E-state index contributed by atoms with van der Waals surface area (Å²) in [5.41, 5.74) is 4.45. The predicted octanol–water partition coefficient (Wildman–Crippen LogP) is 4.55. The van der Waals surface area contributed by atoms with Gasteiger partial charge in [0, 0.05) is 25.8 Å². The number of thiazole rings is 1. The molecule has 37 heavy (non-hydrogen) atoms. The lowest BCUT2D eigenvalue weighted by molar-refractivity contribution is -0.143. The second-order valence-electron chi connectivity index (χ2n) is 11.6. The van der Waals surface area contributed by atoms with Crippen LogP contribution < -0.4 is 5.32 Å². The van der Waals surface area contributed by atoms with E-state index in [0.717, 1.165) is 28.1 Å². The molecule has 0 radical (unpaired) electrons. The highest BCUT2D eigenvalue weighted by Gasteiger charge is 2.44. The largest absolute Gasteiger partial charge is 0.391 e. The Bertz CT molecular complexity index is 1090. The van der Waals surface area contributed by atoms with Gasteiger partial charge in [-0.2, -0.15) is 0 Å². The number of amides is 2. The Kier molecular flexibility index (Phi) is 9.64. The van der Waals surface area contributed by atoms with E-state index >= 15 is 0 Å². The van der Waals surface area contributed by atoms with E-state index in [4.69, 9.17) is 0 Å². The Hall–Kier alpha value is -2.58. The molecule has 3 atom stereocenters. The smallest absolute Gasteiger partial charge is 0.246 e. The van der Waals surface area contributed by atoms with Crippen molar-refractivity contribution < 1.29 is 19.5 Å². The summed E-state index contributed by atoms with van der Waals surface area (Å²) in [6, 6.07) is 6.69. The Balaban J connectivity index is 1.66. The van der Waals surface area contributed by atoms with Gasteiger partial charge in [-0.1, -0.05) is 58.9 Å². The number of hydrogen-bond donors (Lipinski definition) is 2. The number of aryl methyl sites for hydroxylation is 2. The topological polar surface area (TPSA) is 99.6 Å². The van der Waals surface area contributed by atoms with E-state index in [2.05, 4.69) is 24.1 Å². The lowest BCUT2D eigenvalue weighted by Crippen LogP contribution is -2.56. The van der Waals surface area contributed by atoms with Crippen molar-refractivity contribution in [3.05, 3.63) is 41.0 Å². The van der Waals surface area contributed by atoms with Crippen molar-refractivity contribution in [1.29, 1.82) is 0 Å². The summed E-state index contributed by atoms with van der Waals surface area (Å²) >= 11 is 1.61. The van der Waals surface area contributed by atoms with E-state index in [-0.39, 0.29) is 37.0 Å². The van der Waals surface area contributed by atoms with E-state index < -0.39 is 23.6 Å². The van der Waals surface area contributed by atoms with Crippen molar-refractivity contribution in [3.63, 3.8) is 0 Å².